The summed E-state index contributed by atoms with van der Waals surface area (Å²) in [5.74, 6) is 0.0467. The van der Waals surface area contributed by atoms with Gasteiger partial charge >= 0.3 is 0 Å². The fraction of sp³-hybridized carbons (Fsp3) is 0.200. The van der Waals surface area contributed by atoms with Gasteiger partial charge in [0.05, 0.1) is 18.5 Å². The van der Waals surface area contributed by atoms with Gasteiger partial charge in [0, 0.05) is 11.9 Å². The lowest BCUT2D eigenvalue weighted by Gasteiger charge is -2.07. The second kappa shape index (κ2) is 5.90. The van der Waals surface area contributed by atoms with Gasteiger partial charge in [-0.25, -0.2) is 9.51 Å². The van der Waals surface area contributed by atoms with Gasteiger partial charge < -0.3 is 15.3 Å². The van der Waals surface area contributed by atoms with Crippen molar-refractivity contribution in [2.24, 2.45) is 4.99 Å². The first-order valence-electron chi connectivity index (χ1n) is 6.77. The number of aliphatic imine (C=N–C) groups is 1. The molecule has 22 heavy (non-hydrogen) atoms. The van der Waals surface area contributed by atoms with Crippen LogP contribution in [0.1, 0.15) is 6.42 Å². The standard InChI is InChI=1S/C15H14N4O3/c16-10-4-5-11(13(21)9-10)17-14-12-3-1-2-6-19(12)18-15(14)22-8-7-20/h1-6,16,20H,7-9H2. The Balaban J connectivity index is 2.10. The Kier molecular flexibility index (Phi) is 3.80. The zero-order chi connectivity index (χ0) is 15.5. The van der Waals surface area contributed by atoms with E-state index in [9.17, 15) is 4.79 Å². The zero-order valence-corrected chi connectivity index (χ0v) is 11.7. The van der Waals surface area contributed by atoms with Gasteiger partial charge in [-0.3, -0.25) is 4.79 Å². The molecule has 0 amide bonds. The van der Waals surface area contributed by atoms with Crippen LogP contribution in [-0.4, -0.2) is 45.1 Å². The van der Waals surface area contributed by atoms with Crippen LogP contribution in [0.3, 0.4) is 0 Å². The predicted octanol–water partition coefficient (Wildman–Crippen LogP) is 1.33. The van der Waals surface area contributed by atoms with Crippen LogP contribution in [0.5, 0.6) is 5.88 Å². The second-order valence-electron chi connectivity index (χ2n) is 4.71. The number of ether oxygens (including phenoxy) is 1. The van der Waals surface area contributed by atoms with Crippen molar-refractivity contribution in [1.82, 2.24) is 9.61 Å². The van der Waals surface area contributed by atoms with Crippen LogP contribution in [0.25, 0.3) is 5.52 Å². The second-order valence-corrected chi connectivity index (χ2v) is 4.71. The number of hydrogen-bond acceptors (Lipinski definition) is 6. The van der Waals surface area contributed by atoms with Crippen molar-refractivity contribution >= 4 is 28.4 Å². The van der Waals surface area contributed by atoms with Gasteiger partial charge in [-0.15, -0.1) is 5.10 Å². The number of aromatic nitrogens is 2. The van der Waals surface area contributed by atoms with Crippen molar-refractivity contribution in [3.05, 3.63) is 36.5 Å². The summed E-state index contributed by atoms with van der Waals surface area (Å²) in [6.45, 7) is -0.0456. The van der Waals surface area contributed by atoms with Gasteiger partial charge in [0.1, 0.15) is 12.3 Å². The normalized spacial score (nSPS) is 16.7. The van der Waals surface area contributed by atoms with E-state index in [4.69, 9.17) is 15.3 Å². The first kappa shape index (κ1) is 14.2. The van der Waals surface area contributed by atoms with Gasteiger partial charge in [0.15, 0.2) is 11.5 Å². The first-order valence-corrected chi connectivity index (χ1v) is 6.77. The van der Waals surface area contributed by atoms with Crippen molar-refractivity contribution < 1.29 is 14.6 Å². The number of nitrogens with zero attached hydrogens (tertiary/aromatic N) is 3. The molecule has 0 saturated carbocycles. The highest BCUT2D eigenvalue weighted by Gasteiger charge is 2.19. The molecule has 0 fully saturated rings. The molecule has 0 radical (unpaired) electrons. The van der Waals surface area contributed by atoms with Gasteiger partial charge in [-0.2, -0.15) is 0 Å². The van der Waals surface area contributed by atoms with E-state index in [1.54, 1.807) is 16.8 Å². The van der Waals surface area contributed by atoms with Crippen LogP contribution in [0.2, 0.25) is 0 Å². The predicted molar refractivity (Wildman–Crippen MR) is 81.4 cm³/mol. The lowest BCUT2D eigenvalue weighted by molar-refractivity contribution is -0.111. The highest BCUT2D eigenvalue weighted by Crippen LogP contribution is 2.32. The minimum absolute atomic E-state index is 0.0430. The van der Waals surface area contributed by atoms with Crippen molar-refractivity contribution in [3.63, 3.8) is 0 Å². The molecule has 0 unspecified atom stereocenters. The topological polar surface area (TPSA) is 100 Å². The van der Waals surface area contributed by atoms with Crippen LogP contribution in [0, 0.1) is 5.41 Å². The Hall–Kier alpha value is -2.80. The smallest absolute Gasteiger partial charge is 0.260 e. The molecule has 2 heterocycles. The summed E-state index contributed by atoms with van der Waals surface area (Å²) >= 11 is 0. The third kappa shape index (κ3) is 2.66. The van der Waals surface area contributed by atoms with Crippen molar-refractivity contribution in [2.75, 3.05) is 13.2 Å². The number of hydrogen-bond donors (Lipinski definition) is 2. The van der Waals surface area contributed by atoms with E-state index in [-0.39, 0.29) is 42.7 Å². The average Bonchev–Trinajstić information content (AvgIpc) is 2.86. The molecule has 0 spiro atoms. The van der Waals surface area contributed by atoms with Gasteiger partial charge in [0.25, 0.3) is 5.88 Å². The van der Waals surface area contributed by atoms with Crippen molar-refractivity contribution in [2.45, 2.75) is 6.42 Å². The van der Waals surface area contributed by atoms with Crippen LogP contribution < -0.4 is 4.74 Å². The van der Waals surface area contributed by atoms with Gasteiger partial charge in [-0.1, -0.05) is 6.07 Å². The third-order valence-corrected chi connectivity index (χ3v) is 3.12. The molecule has 7 nitrogen and oxygen atoms in total. The Morgan fingerprint density at radius 3 is 3.05 bits per heavy atom. The minimum atomic E-state index is -0.212. The highest BCUT2D eigenvalue weighted by molar-refractivity contribution is 6.50. The van der Waals surface area contributed by atoms with E-state index < -0.39 is 0 Å². The Bertz CT molecular complexity index is 804. The molecule has 1 aliphatic rings. The largest absolute Gasteiger partial charge is 0.473 e. The molecule has 1 aliphatic carbocycles. The number of allylic oxidation sites excluding steroid dienone is 2. The molecule has 112 valence electrons. The summed E-state index contributed by atoms with van der Waals surface area (Å²) in [5.41, 5.74) is 1.67. The van der Waals surface area contributed by atoms with E-state index in [1.807, 2.05) is 18.2 Å². The Morgan fingerprint density at radius 1 is 1.41 bits per heavy atom. The van der Waals surface area contributed by atoms with Crippen LogP contribution >= 0.6 is 0 Å². The maximum absolute atomic E-state index is 12.0. The summed E-state index contributed by atoms with van der Waals surface area (Å²) in [4.78, 5) is 16.3. The van der Waals surface area contributed by atoms with Gasteiger partial charge in [0.2, 0.25) is 0 Å². The number of carbonyl (C=O) groups is 1. The maximum atomic E-state index is 12.0. The number of pyridine rings is 1. The SMILES string of the molecule is N=C1C=CC(=Nc2c(OCCO)nn3ccccc23)C(=O)C1. The number of ketones is 1. The Labute approximate surface area is 126 Å². The van der Waals surface area contributed by atoms with E-state index >= 15 is 0 Å². The van der Waals surface area contributed by atoms with Crippen LogP contribution in [0.4, 0.5) is 5.69 Å². The minimum Gasteiger partial charge on any atom is -0.473 e. The number of nitrogens with one attached hydrogen (secondary N) is 1. The molecule has 7 heteroatoms. The van der Waals surface area contributed by atoms with Crippen molar-refractivity contribution in [1.29, 1.82) is 5.41 Å². The lowest BCUT2D eigenvalue weighted by Crippen LogP contribution is -2.19. The van der Waals surface area contributed by atoms with E-state index in [0.717, 1.165) is 0 Å². The number of aliphatic hydroxyl groups excluding tert-OH is 1. The number of fused-ring (bicyclic) bond motifs is 1. The van der Waals surface area contributed by atoms with Crippen LogP contribution in [-0.2, 0) is 4.79 Å². The molecule has 2 aromatic heterocycles. The summed E-state index contributed by atoms with van der Waals surface area (Å²) < 4.78 is 7.00. The molecule has 0 aromatic carbocycles. The van der Waals surface area contributed by atoms with E-state index in [2.05, 4.69) is 10.1 Å². The molecule has 0 saturated heterocycles. The molecule has 0 atom stereocenters. The number of carbonyl (C=O) groups excluding carboxylic acids is 1. The quantitative estimate of drug-likeness (QED) is 0.889. The summed E-state index contributed by atoms with van der Waals surface area (Å²) in [6.07, 6.45) is 4.87. The maximum Gasteiger partial charge on any atom is 0.260 e. The summed E-state index contributed by atoms with van der Waals surface area (Å²) in [7, 11) is 0. The molecular formula is C15H14N4O3. The van der Waals surface area contributed by atoms with Crippen LogP contribution in [0.15, 0.2) is 41.5 Å². The number of Topliss-reactive ketones (excluding diaryl/α,β-unsaturated/α-hetero) is 1. The van der Waals surface area contributed by atoms with Gasteiger partial charge in [-0.05, 0) is 24.3 Å². The molecule has 3 rings (SSSR count). The highest BCUT2D eigenvalue weighted by atomic mass is 16.5. The molecule has 2 N–H and O–H groups in total. The Morgan fingerprint density at radius 2 is 2.27 bits per heavy atom. The zero-order valence-electron chi connectivity index (χ0n) is 11.7. The summed E-state index contributed by atoms with van der Waals surface area (Å²) in [6, 6.07) is 5.47. The average molecular weight is 298 g/mol. The molecule has 2 aromatic rings. The number of rotatable bonds is 4. The van der Waals surface area contributed by atoms with E-state index in [1.165, 1.54) is 6.08 Å². The summed E-state index contributed by atoms with van der Waals surface area (Å²) in [5, 5.41) is 20.6. The molecule has 0 aliphatic heterocycles. The number of aliphatic hydroxyl groups is 1. The van der Waals surface area contributed by atoms with E-state index in [0.29, 0.717) is 11.2 Å². The fourth-order valence-corrected chi connectivity index (χ4v) is 2.12. The first-order chi connectivity index (χ1) is 10.7. The molecular weight excluding hydrogens is 284 g/mol. The van der Waals surface area contributed by atoms with Crippen molar-refractivity contribution in [3.8, 4) is 5.88 Å². The molecule has 0 bridgehead atoms. The lowest BCUT2D eigenvalue weighted by atomic mass is 10.0. The fourth-order valence-electron chi connectivity index (χ4n) is 2.12. The monoisotopic (exact) mass is 298 g/mol. The third-order valence-electron chi connectivity index (χ3n) is 3.12.